The molecule has 0 radical (unpaired) electrons. The van der Waals surface area contributed by atoms with Gasteiger partial charge in [0.1, 0.15) is 0 Å². The lowest BCUT2D eigenvalue weighted by Gasteiger charge is -2.40. The molecule has 0 N–H and O–H groups in total. The Morgan fingerprint density at radius 1 is 0.618 bits per heavy atom. The van der Waals surface area contributed by atoms with Crippen molar-refractivity contribution in [3.63, 3.8) is 0 Å². The van der Waals surface area contributed by atoms with E-state index in [0.29, 0.717) is 24.2 Å². The van der Waals surface area contributed by atoms with E-state index in [-0.39, 0.29) is 17.9 Å². The van der Waals surface area contributed by atoms with Crippen LogP contribution in [0, 0.1) is 0 Å². The first-order valence-electron chi connectivity index (χ1n) is 12.2. The van der Waals surface area contributed by atoms with E-state index in [4.69, 9.17) is 0 Å². The van der Waals surface area contributed by atoms with Crippen LogP contribution in [0.3, 0.4) is 0 Å². The quantitative estimate of drug-likeness (QED) is 0.505. The van der Waals surface area contributed by atoms with E-state index in [9.17, 15) is 9.59 Å². The molecule has 5 rings (SSSR count). The Morgan fingerprint density at radius 3 is 1.53 bits per heavy atom. The second-order valence-electron chi connectivity index (χ2n) is 8.41. The van der Waals surface area contributed by atoms with E-state index in [1.807, 2.05) is 26.0 Å². The molecule has 3 aromatic rings. The summed E-state index contributed by atoms with van der Waals surface area (Å²) in [6, 6.07) is 28.6. The number of hydrogen-bond acceptors (Lipinski definition) is 4. The molecule has 2 aliphatic rings. The summed E-state index contributed by atoms with van der Waals surface area (Å²) in [5.74, 6) is -0.338. The van der Waals surface area contributed by atoms with Gasteiger partial charge in [0.25, 0.3) is 11.8 Å². The van der Waals surface area contributed by atoms with Gasteiger partial charge in [-0.25, -0.2) is 0 Å². The second kappa shape index (κ2) is 11.2. The first-order valence-corrected chi connectivity index (χ1v) is 12.2. The molecule has 1 saturated heterocycles. The molecule has 1 fully saturated rings. The summed E-state index contributed by atoms with van der Waals surface area (Å²) in [4.78, 5) is 31.5. The van der Waals surface area contributed by atoms with Crippen molar-refractivity contribution >= 4 is 11.8 Å². The molecule has 0 unspecified atom stereocenters. The molecule has 0 spiro atoms. The molecule has 2 aliphatic heterocycles. The summed E-state index contributed by atoms with van der Waals surface area (Å²) in [5, 5.41) is 0. The van der Waals surface area contributed by atoms with Crippen LogP contribution in [0.2, 0.25) is 0 Å². The minimum absolute atomic E-state index is 0.169. The highest BCUT2D eigenvalue weighted by molar-refractivity contribution is 6.21. The van der Waals surface area contributed by atoms with E-state index in [1.165, 1.54) is 16.0 Å². The van der Waals surface area contributed by atoms with Gasteiger partial charge in [-0.1, -0.05) is 86.6 Å². The van der Waals surface area contributed by atoms with Crippen molar-refractivity contribution < 1.29 is 9.59 Å². The van der Waals surface area contributed by atoms with E-state index >= 15 is 0 Å². The van der Waals surface area contributed by atoms with Crippen LogP contribution >= 0.6 is 0 Å². The van der Waals surface area contributed by atoms with Gasteiger partial charge < -0.3 is 0 Å². The van der Waals surface area contributed by atoms with Crippen LogP contribution in [0.5, 0.6) is 0 Å². The standard InChI is InChI=1S/C27H27N3O2.C2H6/c31-26-23-13-7-8-14-24(23)27(32)30(26)20-17-28-15-18-29(19-16-28)25(21-9-3-1-4-10-21)22-11-5-2-6-12-22;1-2/h1-14,25H,15-20H2;1-2H3. The zero-order chi connectivity index (χ0) is 23.9. The fourth-order valence-corrected chi connectivity index (χ4v) is 4.81. The molecule has 5 nitrogen and oxygen atoms in total. The van der Waals surface area contributed by atoms with Crippen LogP contribution in [0.1, 0.15) is 51.7 Å². The predicted molar refractivity (Wildman–Crippen MR) is 136 cm³/mol. The Balaban J connectivity index is 0.00000133. The summed E-state index contributed by atoms with van der Waals surface area (Å²) in [5.41, 5.74) is 3.66. The number of piperazine rings is 1. The van der Waals surface area contributed by atoms with Crippen molar-refractivity contribution in [1.82, 2.24) is 14.7 Å². The number of benzene rings is 3. The summed E-state index contributed by atoms with van der Waals surface area (Å²) >= 11 is 0. The van der Waals surface area contributed by atoms with Crippen molar-refractivity contribution in [2.24, 2.45) is 0 Å². The monoisotopic (exact) mass is 455 g/mol. The number of rotatable bonds is 6. The molecule has 2 heterocycles. The van der Waals surface area contributed by atoms with Crippen LogP contribution in [-0.2, 0) is 0 Å². The zero-order valence-corrected chi connectivity index (χ0v) is 20.1. The Bertz CT molecular complexity index is 1020. The van der Waals surface area contributed by atoms with Gasteiger partial charge in [0.2, 0.25) is 0 Å². The molecule has 3 aromatic carbocycles. The van der Waals surface area contributed by atoms with Gasteiger partial charge >= 0.3 is 0 Å². The van der Waals surface area contributed by atoms with Crippen LogP contribution in [-0.4, -0.2) is 65.8 Å². The molecule has 2 amide bonds. The normalized spacial score (nSPS) is 16.4. The van der Waals surface area contributed by atoms with Crippen molar-refractivity contribution in [2.75, 3.05) is 39.3 Å². The van der Waals surface area contributed by atoms with Gasteiger partial charge in [0, 0.05) is 39.3 Å². The Hall–Kier alpha value is -3.28. The Kier molecular flexibility index (Phi) is 7.88. The minimum atomic E-state index is -0.169. The van der Waals surface area contributed by atoms with Crippen LogP contribution in [0.4, 0.5) is 0 Å². The lowest BCUT2D eigenvalue weighted by molar-refractivity contribution is 0.0603. The largest absolute Gasteiger partial charge is 0.299 e. The SMILES string of the molecule is CC.O=C1c2ccccc2C(=O)N1CCN1CCN(C(c2ccccc2)c2ccccc2)CC1. The number of nitrogens with zero attached hydrogens (tertiary/aromatic N) is 3. The molecule has 5 heteroatoms. The number of fused-ring (bicyclic) bond motifs is 1. The smallest absolute Gasteiger partial charge is 0.261 e. The van der Waals surface area contributed by atoms with E-state index in [0.717, 1.165) is 26.2 Å². The second-order valence-corrected chi connectivity index (χ2v) is 8.41. The van der Waals surface area contributed by atoms with E-state index in [2.05, 4.69) is 70.5 Å². The third-order valence-corrected chi connectivity index (χ3v) is 6.52. The maximum Gasteiger partial charge on any atom is 0.261 e. The molecule has 0 aliphatic carbocycles. The topological polar surface area (TPSA) is 43.9 Å². The average Bonchev–Trinajstić information content (AvgIpc) is 3.15. The summed E-state index contributed by atoms with van der Waals surface area (Å²) < 4.78 is 0. The van der Waals surface area contributed by atoms with Crippen LogP contribution in [0.15, 0.2) is 84.9 Å². The van der Waals surface area contributed by atoms with Gasteiger partial charge in [-0.3, -0.25) is 24.3 Å². The fourth-order valence-electron chi connectivity index (χ4n) is 4.81. The maximum absolute atomic E-state index is 12.6. The number of hydrogen-bond donors (Lipinski definition) is 0. The highest BCUT2D eigenvalue weighted by Crippen LogP contribution is 2.29. The first kappa shape index (κ1) is 23.9. The highest BCUT2D eigenvalue weighted by Gasteiger charge is 2.35. The molecule has 34 heavy (non-hydrogen) atoms. The van der Waals surface area contributed by atoms with Crippen molar-refractivity contribution in [3.05, 3.63) is 107 Å². The Labute approximate surface area is 202 Å². The molecule has 0 atom stereocenters. The molecule has 176 valence electrons. The Morgan fingerprint density at radius 2 is 1.06 bits per heavy atom. The molecule has 0 aromatic heterocycles. The predicted octanol–water partition coefficient (Wildman–Crippen LogP) is 4.72. The average molecular weight is 456 g/mol. The molecular weight excluding hydrogens is 422 g/mol. The number of amides is 2. The highest BCUT2D eigenvalue weighted by atomic mass is 16.2. The van der Waals surface area contributed by atoms with Gasteiger partial charge in [0.05, 0.1) is 17.2 Å². The molecular formula is C29H33N3O2. The van der Waals surface area contributed by atoms with Crippen molar-refractivity contribution in [2.45, 2.75) is 19.9 Å². The van der Waals surface area contributed by atoms with E-state index in [1.54, 1.807) is 12.1 Å². The third-order valence-electron chi connectivity index (χ3n) is 6.52. The molecule has 0 saturated carbocycles. The summed E-state index contributed by atoms with van der Waals surface area (Å²) in [7, 11) is 0. The lowest BCUT2D eigenvalue weighted by Crippen LogP contribution is -2.50. The van der Waals surface area contributed by atoms with Crippen molar-refractivity contribution in [3.8, 4) is 0 Å². The maximum atomic E-state index is 12.6. The van der Waals surface area contributed by atoms with Gasteiger partial charge in [-0.15, -0.1) is 0 Å². The first-order chi connectivity index (χ1) is 16.7. The number of carbonyl (C=O) groups is 2. The van der Waals surface area contributed by atoms with Gasteiger partial charge in [-0.05, 0) is 23.3 Å². The van der Waals surface area contributed by atoms with Crippen LogP contribution in [0.25, 0.3) is 0 Å². The minimum Gasteiger partial charge on any atom is -0.299 e. The van der Waals surface area contributed by atoms with E-state index < -0.39 is 0 Å². The lowest BCUT2D eigenvalue weighted by atomic mass is 9.96. The zero-order valence-electron chi connectivity index (χ0n) is 20.1. The number of imide groups is 1. The summed E-state index contributed by atoms with van der Waals surface area (Å²) in [6.45, 7) is 8.86. The fraction of sp³-hybridized carbons (Fsp3) is 0.310. The van der Waals surface area contributed by atoms with Crippen LogP contribution < -0.4 is 0 Å². The van der Waals surface area contributed by atoms with Gasteiger partial charge in [-0.2, -0.15) is 0 Å². The van der Waals surface area contributed by atoms with Crippen molar-refractivity contribution in [1.29, 1.82) is 0 Å². The summed E-state index contributed by atoms with van der Waals surface area (Å²) in [6.07, 6.45) is 0. The molecule has 0 bridgehead atoms. The number of carbonyl (C=O) groups excluding carboxylic acids is 2. The van der Waals surface area contributed by atoms with Gasteiger partial charge in [0.15, 0.2) is 0 Å². The third kappa shape index (κ3) is 4.96.